The van der Waals surface area contributed by atoms with Crippen LogP contribution in [0.5, 0.6) is 0 Å². The first-order valence-corrected chi connectivity index (χ1v) is 9.36. The molecule has 0 saturated carbocycles. The molecule has 3 amide bonds. The third-order valence-corrected chi connectivity index (χ3v) is 5.07. The summed E-state index contributed by atoms with van der Waals surface area (Å²) in [6, 6.07) is 5.60. The molecule has 7 heteroatoms. The number of aromatic nitrogens is 1. The van der Waals surface area contributed by atoms with Crippen molar-refractivity contribution in [3.05, 3.63) is 30.1 Å². The van der Waals surface area contributed by atoms with E-state index in [1.54, 1.807) is 11.1 Å². The Kier molecular flexibility index (Phi) is 6.20. The molecule has 0 aliphatic carbocycles. The standard InChI is InChI=1S/C19H26N4O3/c24-17-6-3-10-22(17)11-4-12-23-14-15(7-8-18(23)25)19(26)21-13-16-5-1-2-9-20-16/h1-2,5,9,15H,3-4,6-8,10-14H2,(H,21,26). The molecule has 0 aromatic carbocycles. The molecule has 1 aromatic heterocycles. The lowest BCUT2D eigenvalue weighted by atomic mass is 9.96. The summed E-state index contributed by atoms with van der Waals surface area (Å²) >= 11 is 0. The normalized spacial score (nSPS) is 20.5. The third kappa shape index (κ3) is 4.80. The zero-order chi connectivity index (χ0) is 18.4. The van der Waals surface area contributed by atoms with Gasteiger partial charge in [0.25, 0.3) is 0 Å². The van der Waals surface area contributed by atoms with Gasteiger partial charge in [-0.2, -0.15) is 0 Å². The highest BCUT2D eigenvalue weighted by molar-refractivity contribution is 5.83. The molecular formula is C19H26N4O3. The van der Waals surface area contributed by atoms with Crippen LogP contribution in [0.1, 0.15) is 37.8 Å². The second kappa shape index (κ2) is 8.78. The molecule has 2 saturated heterocycles. The monoisotopic (exact) mass is 358 g/mol. The van der Waals surface area contributed by atoms with E-state index in [1.807, 2.05) is 23.1 Å². The fourth-order valence-corrected chi connectivity index (χ4v) is 3.56. The molecule has 7 nitrogen and oxygen atoms in total. The molecule has 1 atom stereocenters. The van der Waals surface area contributed by atoms with Crippen LogP contribution in [0.15, 0.2) is 24.4 Å². The number of amides is 3. The molecule has 0 bridgehead atoms. The van der Waals surface area contributed by atoms with E-state index in [4.69, 9.17) is 0 Å². The van der Waals surface area contributed by atoms with Crippen molar-refractivity contribution in [2.75, 3.05) is 26.2 Å². The van der Waals surface area contributed by atoms with Gasteiger partial charge in [-0.3, -0.25) is 19.4 Å². The van der Waals surface area contributed by atoms with E-state index in [1.165, 1.54) is 0 Å². The Morgan fingerprint density at radius 1 is 1.15 bits per heavy atom. The summed E-state index contributed by atoms with van der Waals surface area (Å²) in [5.74, 6) is 0.112. The number of hydrogen-bond donors (Lipinski definition) is 1. The first-order valence-electron chi connectivity index (χ1n) is 9.36. The molecule has 0 spiro atoms. The molecule has 2 fully saturated rings. The van der Waals surface area contributed by atoms with Crippen molar-refractivity contribution in [3.63, 3.8) is 0 Å². The summed E-state index contributed by atoms with van der Waals surface area (Å²) in [5.41, 5.74) is 0.819. The number of pyridine rings is 1. The van der Waals surface area contributed by atoms with Crippen molar-refractivity contribution in [2.24, 2.45) is 5.92 Å². The topological polar surface area (TPSA) is 82.6 Å². The highest BCUT2D eigenvalue weighted by atomic mass is 16.2. The van der Waals surface area contributed by atoms with Crippen LogP contribution in [0.25, 0.3) is 0 Å². The van der Waals surface area contributed by atoms with Gasteiger partial charge in [-0.15, -0.1) is 0 Å². The minimum atomic E-state index is -0.176. The van der Waals surface area contributed by atoms with Crippen LogP contribution in [0, 0.1) is 5.92 Å². The average molecular weight is 358 g/mol. The van der Waals surface area contributed by atoms with Gasteiger partial charge in [0, 0.05) is 45.2 Å². The molecule has 2 aliphatic heterocycles. The number of likely N-dealkylation sites (tertiary alicyclic amines) is 2. The van der Waals surface area contributed by atoms with E-state index in [-0.39, 0.29) is 23.6 Å². The number of carbonyl (C=O) groups is 3. The maximum absolute atomic E-state index is 12.4. The smallest absolute Gasteiger partial charge is 0.225 e. The van der Waals surface area contributed by atoms with Gasteiger partial charge in [0.05, 0.1) is 18.2 Å². The van der Waals surface area contributed by atoms with Crippen LogP contribution < -0.4 is 5.32 Å². The van der Waals surface area contributed by atoms with Gasteiger partial charge in [-0.05, 0) is 31.4 Å². The van der Waals surface area contributed by atoms with Crippen molar-refractivity contribution >= 4 is 17.7 Å². The fraction of sp³-hybridized carbons (Fsp3) is 0.579. The Labute approximate surface area is 153 Å². The molecule has 1 unspecified atom stereocenters. The average Bonchev–Trinajstić information content (AvgIpc) is 3.07. The van der Waals surface area contributed by atoms with Crippen LogP contribution in [0.2, 0.25) is 0 Å². The van der Waals surface area contributed by atoms with Gasteiger partial charge >= 0.3 is 0 Å². The molecule has 3 heterocycles. The van der Waals surface area contributed by atoms with Gasteiger partial charge in [-0.1, -0.05) is 6.07 Å². The molecule has 2 aliphatic rings. The minimum absolute atomic E-state index is 0.0251. The predicted molar refractivity (Wildman–Crippen MR) is 95.8 cm³/mol. The number of rotatable bonds is 7. The van der Waals surface area contributed by atoms with Crippen molar-refractivity contribution in [1.29, 1.82) is 0 Å². The van der Waals surface area contributed by atoms with Gasteiger partial charge in [0.1, 0.15) is 0 Å². The second-order valence-corrected chi connectivity index (χ2v) is 6.95. The van der Waals surface area contributed by atoms with Gasteiger partial charge < -0.3 is 15.1 Å². The molecule has 26 heavy (non-hydrogen) atoms. The van der Waals surface area contributed by atoms with Gasteiger partial charge in [0.15, 0.2) is 0 Å². The number of carbonyl (C=O) groups excluding carboxylic acids is 3. The maximum atomic E-state index is 12.4. The summed E-state index contributed by atoms with van der Waals surface area (Å²) in [5, 5.41) is 2.92. The third-order valence-electron chi connectivity index (χ3n) is 5.07. The predicted octanol–water partition coefficient (Wildman–Crippen LogP) is 0.949. The van der Waals surface area contributed by atoms with Gasteiger partial charge in [-0.25, -0.2) is 0 Å². The van der Waals surface area contributed by atoms with E-state index < -0.39 is 0 Å². The maximum Gasteiger partial charge on any atom is 0.225 e. The molecule has 0 radical (unpaired) electrons. The zero-order valence-electron chi connectivity index (χ0n) is 15.0. The lowest BCUT2D eigenvalue weighted by Crippen LogP contribution is -2.46. The van der Waals surface area contributed by atoms with Crippen LogP contribution in [0.4, 0.5) is 0 Å². The first-order chi connectivity index (χ1) is 12.6. The SMILES string of the molecule is O=C(NCc1ccccn1)C1CCC(=O)N(CCCN2CCCC2=O)C1. The number of nitrogens with zero attached hydrogens (tertiary/aromatic N) is 3. The van der Waals surface area contributed by atoms with Crippen LogP contribution in [-0.4, -0.2) is 58.7 Å². The summed E-state index contributed by atoms with van der Waals surface area (Å²) < 4.78 is 0. The van der Waals surface area contributed by atoms with Crippen molar-refractivity contribution in [3.8, 4) is 0 Å². The second-order valence-electron chi connectivity index (χ2n) is 6.95. The molecular weight excluding hydrogens is 332 g/mol. The Hall–Kier alpha value is -2.44. The van der Waals surface area contributed by atoms with Crippen molar-refractivity contribution < 1.29 is 14.4 Å². The summed E-state index contributed by atoms with van der Waals surface area (Å²) in [6.07, 6.45) is 5.03. The highest BCUT2D eigenvalue weighted by Crippen LogP contribution is 2.19. The largest absolute Gasteiger partial charge is 0.350 e. The summed E-state index contributed by atoms with van der Waals surface area (Å²) in [6.45, 7) is 2.99. The van der Waals surface area contributed by atoms with E-state index in [0.717, 1.165) is 25.1 Å². The van der Waals surface area contributed by atoms with Crippen molar-refractivity contribution in [2.45, 2.75) is 38.6 Å². The highest BCUT2D eigenvalue weighted by Gasteiger charge is 2.30. The van der Waals surface area contributed by atoms with E-state index in [9.17, 15) is 14.4 Å². The molecule has 140 valence electrons. The van der Waals surface area contributed by atoms with Crippen LogP contribution in [0.3, 0.4) is 0 Å². The Morgan fingerprint density at radius 3 is 2.69 bits per heavy atom. The van der Waals surface area contributed by atoms with Crippen LogP contribution >= 0.6 is 0 Å². The van der Waals surface area contributed by atoms with Crippen molar-refractivity contribution in [1.82, 2.24) is 20.1 Å². The summed E-state index contributed by atoms with van der Waals surface area (Å²) in [7, 11) is 0. The molecule has 1 aromatic rings. The summed E-state index contributed by atoms with van der Waals surface area (Å²) in [4.78, 5) is 44.0. The van der Waals surface area contributed by atoms with E-state index >= 15 is 0 Å². The Bertz CT molecular complexity index is 649. The quantitative estimate of drug-likeness (QED) is 0.787. The fourth-order valence-electron chi connectivity index (χ4n) is 3.56. The van der Waals surface area contributed by atoms with Crippen LogP contribution in [-0.2, 0) is 20.9 Å². The number of piperidine rings is 1. The molecule has 3 rings (SSSR count). The number of nitrogens with one attached hydrogen (secondary N) is 1. The number of hydrogen-bond acceptors (Lipinski definition) is 4. The molecule has 1 N–H and O–H groups in total. The first kappa shape index (κ1) is 18.4. The Balaban J connectivity index is 1.43. The Morgan fingerprint density at radius 2 is 1.96 bits per heavy atom. The van der Waals surface area contributed by atoms with E-state index in [0.29, 0.717) is 45.4 Å². The lowest BCUT2D eigenvalue weighted by Gasteiger charge is -2.32. The van der Waals surface area contributed by atoms with Gasteiger partial charge in [0.2, 0.25) is 17.7 Å². The minimum Gasteiger partial charge on any atom is -0.350 e. The lowest BCUT2D eigenvalue weighted by molar-refractivity contribution is -0.138. The zero-order valence-corrected chi connectivity index (χ0v) is 15.0. The van der Waals surface area contributed by atoms with E-state index in [2.05, 4.69) is 10.3 Å².